The summed E-state index contributed by atoms with van der Waals surface area (Å²) in [7, 11) is 0. The summed E-state index contributed by atoms with van der Waals surface area (Å²) in [6, 6.07) is 5.80. The lowest BCUT2D eigenvalue weighted by Crippen LogP contribution is -2.55. The van der Waals surface area contributed by atoms with Crippen molar-refractivity contribution in [2.45, 2.75) is 25.3 Å². The number of carbonyl (C=O) groups is 1. The zero-order chi connectivity index (χ0) is 9.71. The summed E-state index contributed by atoms with van der Waals surface area (Å²) in [5.41, 5.74) is 1.84. The molecule has 1 atom stereocenters. The van der Waals surface area contributed by atoms with Crippen LogP contribution in [0, 0.1) is 0 Å². The third-order valence-electron chi connectivity index (χ3n) is 3.13. The van der Waals surface area contributed by atoms with Gasteiger partial charge >= 0.3 is 0 Å². The third kappa shape index (κ3) is 0.842. The molecule has 3 heteroatoms. The fourth-order valence-corrected chi connectivity index (χ4v) is 2.40. The number of para-hydroxylation sites is 1. The van der Waals surface area contributed by atoms with E-state index in [2.05, 4.69) is 0 Å². The zero-order valence-electron chi connectivity index (χ0n) is 7.73. The van der Waals surface area contributed by atoms with Crippen LogP contribution in [0.5, 0.6) is 5.75 Å². The Morgan fingerprint density at radius 3 is 3.07 bits per heavy atom. The van der Waals surface area contributed by atoms with Crippen molar-refractivity contribution in [1.29, 1.82) is 0 Å². The van der Waals surface area contributed by atoms with Crippen LogP contribution in [0.2, 0.25) is 0 Å². The fraction of sp³-hybridized carbons (Fsp3) is 0.364. The summed E-state index contributed by atoms with van der Waals surface area (Å²) >= 11 is 0. The minimum atomic E-state index is 0.137. The molecule has 0 aliphatic carbocycles. The Kier molecular flexibility index (Phi) is 1.40. The van der Waals surface area contributed by atoms with Crippen molar-refractivity contribution < 1.29 is 9.90 Å². The van der Waals surface area contributed by atoms with Crippen molar-refractivity contribution >= 4 is 11.6 Å². The van der Waals surface area contributed by atoms with E-state index in [1.54, 1.807) is 11.0 Å². The first-order chi connectivity index (χ1) is 6.77. The van der Waals surface area contributed by atoms with Gasteiger partial charge in [-0.3, -0.25) is 4.79 Å². The lowest BCUT2D eigenvalue weighted by atomic mass is 9.87. The van der Waals surface area contributed by atoms with E-state index in [1.165, 1.54) is 0 Å². The van der Waals surface area contributed by atoms with Crippen molar-refractivity contribution in [1.82, 2.24) is 0 Å². The SMILES string of the molecule is O=C1CC2CCc3cccc(O)c3N12. The molecule has 1 unspecified atom stereocenters. The van der Waals surface area contributed by atoms with Gasteiger partial charge in [-0.25, -0.2) is 0 Å². The van der Waals surface area contributed by atoms with E-state index in [0.717, 1.165) is 24.1 Å². The Bertz CT molecular complexity index is 414. The topological polar surface area (TPSA) is 40.5 Å². The molecule has 1 N–H and O–H groups in total. The van der Waals surface area contributed by atoms with E-state index in [4.69, 9.17) is 0 Å². The molecular formula is C11H11NO2. The summed E-state index contributed by atoms with van der Waals surface area (Å²) in [5, 5.41) is 9.70. The van der Waals surface area contributed by atoms with E-state index in [-0.39, 0.29) is 11.7 Å². The Balaban J connectivity index is 2.16. The summed E-state index contributed by atoms with van der Waals surface area (Å²) in [4.78, 5) is 13.1. The standard InChI is InChI=1S/C11H11NO2/c13-9-3-1-2-7-4-5-8-6-10(14)12(8)11(7)9/h1-3,8,13H,4-6H2. The molecule has 3 nitrogen and oxygen atoms in total. The van der Waals surface area contributed by atoms with Gasteiger partial charge in [0.15, 0.2) is 0 Å². The molecule has 3 rings (SSSR count). The van der Waals surface area contributed by atoms with E-state index >= 15 is 0 Å². The summed E-state index contributed by atoms with van der Waals surface area (Å²) < 4.78 is 0. The molecule has 0 saturated carbocycles. The molecule has 0 spiro atoms. The van der Waals surface area contributed by atoms with Crippen molar-refractivity contribution in [3.05, 3.63) is 23.8 Å². The second-order valence-corrected chi connectivity index (χ2v) is 3.95. The molecular weight excluding hydrogens is 178 g/mol. The number of aryl methyl sites for hydroxylation is 1. The van der Waals surface area contributed by atoms with Crippen molar-refractivity contribution in [2.24, 2.45) is 0 Å². The van der Waals surface area contributed by atoms with E-state index in [0.29, 0.717) is 12.5 Å². The summed E-state index contributed by atoms with van der Waals surface area (Å²) in [5.74, 6) is 0.373. The number of phenolic OH excluding ortho intramolecular Hbond substituents is 1. The first-order valence-electron chi connectivity index (χ1n) is 4.90. The maximum absolute atomic E-state index is 11.4. The minimum Gasteiger partial charge on any atom is -0.506 e. The Morgan fingerprint density at radius 1 is 1.43 bits per heavy atom. The highest BCUT2D eigenvalue weighted by Gasteiger charge is 2.41. The molecule has 2 heterocycles. The Hall–Kier alpha value is -1.51. The highest BCUT2D eigenvalue weighted by atomic mass is 16.3. The maximum atomic E-state index is 11.4. The van der Waals surface area contributed by atoms with Crippen LogP contribution in [-0.2, 0) is 11.2 Å². The first-order valence-corrected chi connectivity index (χ1v) is 4.90. The van der Waals surface area contributed by atoms with Gasteiger partial charge in [0, 0.05) is 12.5 Å². The number of rotatable bonds is 0. The number of benzene rings is 1. The van der Waals surface area contributed by atoms with Crippen LogP contribution in [0.1, 0.15) is 18.4 Å². The van der Waals surface area contributed by atoms with Gasteiger partial charge in [-0.2, -0.15) is 0 Å². The predicted octanol–water partition coefficient (Wildman–Crippen LogP) is 1.44. The molecule has 1 aromatic rings. The molecule has 2 aliphatic rings. The van der Waals surface area contributed by atoms with Gasteiger partial charge in [0.05, 0.1) is 5.69 Å². The highest BCUT2D eigenvalue weighted by molar-refractivity contribution is 6.03. The number of amides is 1. The Morgan fingerprint density at radius 2 is 2.29 bits per heavy atom. The molecule has 0 radical (unpaired) electrons. The monoisotopic (exact) mass is 189 g/mol. The van der Waals surface area contributed by atoms with Gasteiger partial charge < -0.3 is 10.0 Å². The number of carbonyl (C=O) groups excluding carboxylic acids is 1. The fourth-order valence-electron chi connectivity index (χ4n) is 2.40. The molecule has 1 aromatic carbocycles. The Labute approximate surface area is 82.0 Å². The summed E-state index contributed by atoms with van der Waals surface area (Å²) in [6.07, 6.45) is 2.65. The van der Waals surface area contributed by atoms with Crippen LogP contribution in [0.25, 0.3) is 0 Å². The van der Waals surface area contributed by atoms with Crippen LogP contribution in [-0.4, -0.2) is 17.1 Å². The lowest BCUT2D eigenvalue weighted by Gasteiger charge is -2.44. The first kappa shape index (κ1) is 7.85. The number of nitrogens with zero attached hydrogens (tertiary/aromatic N) is 1. The van der Waals surface area contributed by atoms with Crippen LogP contribution >= 0.6 is 0 Å². The molecule has 0 aromatic heterocycles. The second kappa shape index (κ2) is 2.50. The van der Waals surface area contributed by atoms with E-state index in [9.17, 15) is 9.90 Å². The number of aromatic hydroxyl groups is 1. The van der Waals surface area contributed by atoms with Gasteiger partial charge in [-0.15, -0.1) is 0 Å². The molecule has 1 saturated heterocycles. The largest absolute Gasteiger partial charge is 0.506 e. The maximum Gasteiger partial charge on any atom is 0.229 e. The molecule has 72 valence electrons. The smallest absolute Gasteiger partial charge is 0.229 e. The van der Waals surface area contributed by atoms with E-state index in [1.807, 2.05) is 12.1 Å². The number of hydrogen-bond acceptors (Lipinski definition) is 2. The lowest BCUT2D eigenvalue weighted by molar-refractivity contribution is -0.124. The van der Waals surface area contributed by atoms with Crippen LogP contribution in [0.3, 0.4) is 0 Å². The van der Waals surface area contributed by atoms with Gasteiger partial charge in [0.1, 0.15) is 5.75 Å². The molecule has 0 bridgehead atoms. The number of hydrogen-bond donors (Lipinski definition) is 1. The number of β-lactam (4-membered cyclic amide) rings is 1. The quantitative estimate of drug-likeness (QED) is 0.627. The number of anilines is 1. The van der Waals surface area contributed by atoms with Crippen LogP contribution in [0.15, 0.2) is 18.2 Å². The minimum absolute atomic E-state index is 0.137. The van der Waals surface area contributed by atoms with Gasteiger partial charge in [-0.1, -0.05) is 12.1 Å². The van der Waals surface area contributed by atoms with Gasteiger partial charge in [0.25, 0.3) is 0 Å². The zero-order valence-corrected chi connectivity index (χ0v) is 7.73. The predicted molar refractivity (Wildman–Crippen MR) is 52.3 cm³/mol. The molecule has 2 aliphatic heterocycles. The molecule has 1 fully saturated rings. The third-order valence-corrected chi connectivity index (χ3v) is 3.13. The number of fused-ring (bicyclic) bond motifs is 3. The normalized spacial score (nSPS) is 23.9. The average Bonchev–Trinajstić information content (AvgIpc) is 2.16. The van der Waals surface area contributed by atoms with Gasteiger partial charge in [-0.05, 0) is 24.5 Å². The molecule has 1 amide bonds. The van der Waals surface area contributed by atoms with Crippen LogP contribution in [0.4, 0.5) is 5.69 Å². The average molecular weight is 189 g/mol. The molecule has 14 heavy (non-hydrogen) atoms. The highest BCUT2D eigenvalue weighted by Crippen LogP contribution is 2.43. The van der Waals surface area contributed by atoms with Crippen molar-refractivity contribution in [3.63, 3.8) is 0 Å². The van der Waals surface area contributed by atoms with Crippen LogP contribution < -0.4 is 4.90 Å². The van der Waals surface area contributed by atoms with Crippen molar-refractivity contribution in [3.8, 4) is 5.75 Å². The second-order valence-electron chi connectivity index (χ2n) is 3.95. The van der Waals surface area contributed by atoms with Crippen molar-refractivity contribution in [2.75, 3.05) is 4.90 Å². The van der Waals surface area contributed by atoms with Gasteiger partial charge in [0.2, 0.25) is 5.91 Å². The number of phenols is 1. The van der Waals surface area contributed by atoms with E-state index < -0.39 is 0 Å². The summed E-state index contributed by atoms with van der Waals surface area (Å²) in [6.45, 7) is 0.